The second-order valence-electron chi connectivity index (χ2n) is 3.67. The van der Waals surface area contributed by atoms with Gasteiger partial charge in [0.1, 0.15) is 0 Å². The van der Waals surface area contributed by atoms with Crippen LogP contribution >= 0.6 is 22.6 Å². The molecule has 0 atom stereocenters. The molecule has 1 aromatic carbocycles. The largest absolute Gasteiger partial charge is 0.490 e. The van der Waals surface area contributed by atoms with Crippen molar-refractivity contribution in [2.24, 2.45) is 5.16 Å². The summed E-state index contributed by atoms with van der Waals surface area (Å²) in [5.74, 6) is 1.40. The Morgan fingerprint density at radius 2 is 2.18 bits per heavy atom. The van der Waals surface area contributed by atoms with Gasteiger partial charge in [-0.2, -0.15) is 0 Å². The van der Waals surface area contributed by atoms with Gasteiger partial charge in [-0.25, -0.2) is 0 Å². The van der Waals surface area contributed by atoms with Crippen LogP contribution < -0.4 is 9.47 Å². The van der Waals surface area contributed by atoms with Crippen molar-refractivity contribution in [1.29, 1.82) is 0 Å². The fourth-order valence-electron chi connectivity index (χ4n) is 1.34. The van der Waals surface area contributed by atoms with Crippen LogP contribution in [0, 0.1) is 3.57 Å². The molecule has 0 bridgehead atoms. The molecular weight excluding hydrogens is 333 g/mol. The highest BCUT2D eigenvalue weighted by Gasteiger charge is 2.12. The third-order valence-electron chi connectivity index (χ3n) is 1.89. The molecule has 0 aliphatic heterocycles. The first-order valence-electron chi connectivity index (χ1n) is 5.38. The Labute approximate surface area is 115 Å². The monoisotopic (exact) mass is 349 g/mol. The van der Waals surface area contributed by atoms with E-state index in [2.05, 4.69) is 27.7 Å². The van der Waals surface area contributed by atoms with E-state index in [4.69, 9.17) is 14.7 Å². The Hall–Kier alpha value is -0.980. The van der Waals surface area contributed by atoms with Crippen LogP contribution in [0.1, 0.15) is 26.3 Å². The number of halogens is 1. The molecule has 1 rings (SSSR count). The molecule has 4 nitrogen and oxygen atoms in total. The molecule has 0 heterocycles. The van der Waals surface area contributed by atoms with Gasteiger partial charge in [-0.15, -0.1) is 0 Å². The van der Waals surface area contributed by atoms with E-state index in [1.807, 2.05) is 26.8 Å². The van der Waals surface area contributed by atoms with E-state index in [1.54, 1.807) is 6.07 Å². The van der Waals surface area contributed by atoms with E-state index in [0.717, 1.165) is 14.9 Å². The Bertz CT molecular complexity index is 405. The lowest BCUT2D eigenvalue weighted by Crippen LogP contribution is -2.09. The lowest BCUT2D eigenvalue weighted by Gasteiger charge is -2.16. The van der Waals surface area contributed by atoms with Crippen molar-refractivity contribution in [1.82, 2.24) is 0 Å². The highest BCUT2D eigenvalue weighted by Crippen LogP contribution is 2.34. The van der Waals surface area contributed by atoms with E-state index in [-0.39, 0.29) is 6.10 Å². The Kier molecular flexibility index (Phi) is 5.54. The van der Waals surface area contributed by atoms with Crippen LogP contribution in [0.5, 0.6) is 11.5 Å². The second-order valence-corrected chi connectivity index (χ2v) is 4.84. The van der Waals surface area contributed by atoms with Gasteiger partial charge in [-0.05, 0) is 55.5 Å². The quantitative estimate of drug-likeness (QED) is 0.384. The van der Waals surface area contributed by atoms with Crippen molar-refractivity contribution in [3.05, 3.63) is 21.3 Å². The molecule has 5 heteroatoms. The van der Waals surface area contributed by atoms with Crippen LogP contribution in [-0.2, 0) is 0 Å². The Morgan fingerprint density at radius 1 is 1.47 bits per heavy atom. The maximum absolute atomic E-state index is 8.54. The maximum atomic E-state index is 8.54. The average molecular weight is 349 g/mol. The predicted octanol–water partition coefficient (Wildman–Crippen LogP) is 3.29. The van der Waals surface area contributed by atoms with Crippen LogP contribution in [0.25, 0.3) is 0 Å². The molecule has 0 fully saturated rings. The van der Waals surface area contributed by atoms with Gasteiger partial charge in [0, 0.05) is 5.56 Å². The highest BCUT2D eigenvalue weighted by molar-refractivity contribution is 14.1. The van der Waals surface area contributed by atoms with Crippen LogP contribution in [0.4, 0.5) is 0 Å². The van der Waals surface area contributed by atoms with E-state index in [9.17, 15) is 0 Å². The van der Waals surface area contributed by atoms with Gasteiger partial charge in [0.15, 0.2) is 11.5 Å². The summed E-state index contributed by atoms with van der Waals surface area (Å²) in [7, 11) is 0. The zero-order valence-electron chi connectivity index (χ0n) is 10.1. The number of ether oxygens (including phenoxy) is 2. The van der Waals surface area contributed by atoms with Gasteiger partial charge >= 0.3 is 0 Å². The fraction of sp³-hybridized carbons (Fsp3) is 0.417. The summed E-state index contributed by atoms with van der Waals surface area (Å²) in [4.78, 5) is 0. The lowest BCUT2D eigenvalue weighted by atomic mass is 10.2. The number of oxime groups is 1. The fourth-order valence-corrected chi connectivity index (χ4v) is 2.09. The lowest BCUT2D eigenvalue weighted by molar-refractivity contribution is 0.222. The molecule has 0 radical (unpaired) electrons. The standard InChI is InChI=1S/C12H16INO3/c1-4-16-11-6-9(7-14-15)5-10(13)12(11)17-8(2)3/h5-8,15H,4H2,1-3H3. The molecule has 0 aliphatic carbocycles. The number of hydrogen-bond donors (Lipinski definition) is 1. The van der Waals surface area contributed by atoms with Gasteiger partial charge in [-0.3, -0.25) is 0 Å². The van der Waals surface area contributed by atoms with Crippen molar-refractivity contribution >= 4 is 28.8 Å². The number of hydrogen-bond acceptors (Lipinski definition) is 4. The number of benzene rings is 1. The Morgan fingerprint density at radius 3 is 2.71 bits per heavy atom. The first-order valence-corrected chi connectivity index (χ1v) is 6.46. The van der Waals surface area contributed by atoms with Gasteiger partial charge in [0.05, 0.1) is 22.5 Å². The van der Waals surface area contributed by atoms with Gasteiger partial charge in [0.2, 0.25) is 0 Å². The molecule has 1 N–H and O–H groups in total. The van der Waals surface area contributed by atoms with Crippen molar-refractivity contribution < 1.29 is 14.7 Å². The van der Waals surface area contributed by atoms with E-state index < -0.39 is 0 Å². The summed E-state index contributed by atoms with van der Waals surface area (Å²) >= 11 is 2.18. The molecule has 0 saturated carbocycles. The molecule has 17 heavy (non-hydrogen) atoms. The zero-order valence-corrected chi connectivity index (χ0v) is 12.3. The molecule has 0 saturated heterocycles. The van der Waals surface area contributed by atoms with Gasteiger partial charge in [-0.1, -0.05) is 5.16 Å². The summed E-state index contributed by atoms with van der Waals surface area (Å²) < 4.78 is 12.2. The van der Waals surface area contributed by atoms with Crippen molar-refractivity contribution in [3.63, 3.8) is 0 Å². The van der Waals surface area contributed by atoms with E-state index >= 15 is 0 Å². The zero-order chi connectivity index (χ0) is 12.8. The molecule has 0 unspecified atom stereocenters. The molecule has 94 valence electrons. The third kappa shape index (κ3) is 4.07. The normalized spacial score (nSPS) is 11.1. The average Bonchev–Trinajstić information content (AvgIpc) is 2.23. The summed E-state index contributed by atoms with van der Waals surface area (Å²) in [6.45, 7) is 6.41. The number of rotatable bonds is 5. The highest BCUT2D eigenvalue weighted by atomic mass is 127. The van der Waals surface area contributed by atoms with Crippen molar-refractivity contribution in [3.8, 4) is 11.5 Å². The summed E-state index contributed by atoms with van der Waals surface area (Å²) in [6, 6.07) is 3.67. The van der Waals surface area contributed by atoms with Crippen molar-refractivity contribution in [2.45, 2.75) is 26.9 Å². The minimum atomic E-state index is 0.0834. The van der Waals surface area contributed by atoms with E-state index in [1.165, 1.54) is 6.21 Å². The summed E-state index contributed by atoms with van der Waals surface area (Å²) in [5.41, 5.74) is 0.774. The second kappa shape index (κ2) is 6.68. The summed E-state index contributed by atoms with van der Waals surface area (Å²) in [5, 5.41) is 11.6. The third-order valence-corrected chi connectivity index (χ3v) is 2.69. The first-order chi connectivity index (χ1) is 8.08. The minimum Gasteiger partial charge on any atom is -0.490 e. The summed E-state index contributed by atoms with van der Waals surface area (Å²) in [6.07, 6.45) is 1.45. The Balaban J connectivity index is 3.17. The van der Waals surface area contributed by atoms with Crippen LogP contribution in [0.2, 0.25) is 0 Å². The topological polar surface area (TPSA) is 51.0 Å². The predicted molar refractivity (Wildman–Crippen MR) is 75.5 cm³/mol. The molecule has 0 aliphatic rings. The smallest absolute Gasteiger partial charge is 0.174 e. The van der Waals surface area contributed by atoms with Crippen LogP contribution in [0.3, 0.4) is 0 Å². The minimum absolute atomic E-state index is 0.0834. The SMILES string of the molecule is CCOc1cc(C=NO)cc(I)c1OC(C)C. The first kappa shape index (κ1) is 14.1. The molecule has 0 aromatic heterocycles. The number of nitrogens with zero attached hydrogens (tertiary/aromatic N) is 1. The molecule has 0 amide bonds. The van der Waals surface area contributed by atoms with E-state index in [0.29, 0.717) is 12.4 Å². The van der Waals surface area contributed by atoms with Gasteiger partial charge < -0.3 is 14.7 Å². The van der Waals surface area contributed by atoms with Crippen molar-refractivity contribution in [2.75, 3.05) is 6.61 Å². The maximum Gasteiger partial charge on any atom is 0.174 e. The van der Waals surface area contributed by atoms with Crippen LogP contribution in [-0.4, -0.2) is 24.1 Å². The molecule has 0 spiro atoms. The molecular formula is C12H16INO3. The molecule has 1 aromatic rings. The van der Waals surface area contributed by atoms with Gasteiger partial charge in [0.25, 0.3) is 0 Å². The van der Waals surface area contributed by atoms with Crippen LogP contribution in [0.15, 0.2) is 17.3 Å².